The summed E-state index contributed by atoms with van der Waals surface area (Å²) in [6.45, 7) is 2.27. The van der Waals surface area contributed by atoms with E-state index in [1.165, 1.54) is 88.5 Å². The molecule has 0 atom stereocenters. The molecule has 0 bridgehead atoms. The van der Waals surface area contributed by atoms with Crippen LogP contribution in [0.4, 0.5) is 0 Å². The summed E-state index contributed by atoms with van der Waals surface area (Å²) in [4.78, 5) is 10.4. The third kappa shape index (κ3) is 18.1. The first kappa shape index (κ1) is 20.1. The van der Waals surface area contributed by atoms with Crippen molar-refractivity contribution >= 4 is 5.97 Å². The quantitative estimate of drug-likeness (QED) is 0.274. The topological polar surface area (TPSA) is 37.3 Å². The Hall–Kier alpha value is 0.0934. The zero-order valence-corrected chi connectivity index (χ0v) is 16.6. The van der Waals surface area contributed by atoms with Crippen molar-refractivity contribution < 1.29 is 27.0 Å². The maximum absolute atomic E-state index is 10.4. The third-order valence-electron chi connectivity index (χ3n) is 3.99. The van der Waals surface area contributed by atoms with Crippen LogP contribution >= 0.6 is 0 Å². The second-order valence-corrected chi connectivity index (χ2v) is 10.1. The molecule has 0 aromatic rings. The molecule has 1 N–H and O–H groups in total. The van der Waals surface area contributed by atoms with Crippen LogP contribution in [0.15, 0.2) is 0 Å². The Morgan fingerprint density at radius 2 is 1.15 bits per heavy atom. The van der Waals surface area contributed by atoms with Crippen molar-refractivity contribution in [1.29, 1.82) is 0 Å². The van der Waals surface area contributed by atoms with Gasteiger partial charge >= 0.3 is 114 Å². The number of aliphatic carboxylic acids is 1. The Morgan fingerprint density at radius 3 is 1.55 bits per heavy atom. The standard InChI is InChI=1S/C15H31.C2H3O2.Zn/c1-3-5-7-9-11-13-15-14-12-10-8-6-4-2;1-2(3)4;/h1,3-15H2,2H3;1H2,(H,3,4);. The van der Waals surface area contributed by atoms with E-state index >= 15 is 0 Å². The van der Waals surface area contributed by atoms with E-state index in [-0.39, 0.29) is 0 Å². The van der Waals surface area contributed by atoms with Crippen molar-refractivity contribution in [2.45, 2.75) is 100 Å². The zero-order valence-electron chi connectivity index (χ0n) is 13.7. The molecule has 0 heterocycles. The normalized spacial score (nSPS) is 10.4. The SMILES string of the molecule is CCCCCCCCCCCCCC[CH2][Zn][CH2]C(=O)O. The molecule has 116 valence electrons. The monoisotopic (exact) mass is 334 g/mol. The first-order valence-corrected chi connectivity index (χ1v) is 13.2. The number of rotatable bonds is 16. The molecule has 0 amide bonds. The molecule has 0 saturated heterocycles. The number of hydrogen-bond donors (Lipinski definition) is 1. The summed E-state index contributed by atoms with van der Waals surface area (Å²) in [5, 5.41) is 10.4. The van der Waals surface area contributed by atoms with Gasteiger partial charge in [0.05, 0.1) is 0 Å². The zero-order chi connectivity index (χ0) is 14.9. The Labute approximate surface area is 133 Å². The summed E-state index contributed by atoms with van der Waals surface area (Å²) in [7, 11) is 0. The van der Waals surface area contributed by atoms with Gasteiger partial charge in [-0.1, -0.05) is 19.8 Å². The van der Waals surface area contributed by atoms with Crippen LogP contribution in [0.5, 0.6) is 0 Å². The maximum atomic E-state index is 10.4. The molecule has 0 aromatic heterocycles. The third-order valence-corrected chi connectivity index (χ3v) is 7.73. The van der Waals surface area contributed by atoms with Gasteiger partial charge in [0.2, 0.25) is 0 Å². The Kier molecular flexibility index (Phi) is 17.2. The van der Waals surface area contributed by atoms with E-state index in [4.69, 9.17) is 5.11 Å². The molecule has 0 aliphatic carbocycles. The van der Waals surface area contributed by atoms with Crippen LogP contribution in [0.3, 0.4) is 0 Å². The minimum absolute atomic E-state index is 0.533. The van der Waals surface area contributed by atoms with Crippen molar-refractivity contribution in [2.24, 2.45) is 0 Å². The van der Waals surface area contributed by atoms with E-state index in [0.29, 0.717) is 5.02 Å². The van der Waals surface area contributed by atoms with Gasteiger partial charge in [-0.2, -0.15) is 0 Å². The number of carbonyl (C=O) groups is 1. The Morgan fingerprint density at radius 1 is 0.750 bits per heavy atom. The minimum atomic E-state index is -0.698. The molecule has 3 heteroatoms. The number of carboxylic acid groups (broad SMARTS) is 1. The van der Waals surface area contributed by atoms with Crippen LogP contribution in [0.1, 0.15) is 90.4 Å². The Bertz CT molecular complexity index is 207. The second kappa shape index (κ2) is 17.1. The van der Waals surface area contributed by atoms with Crippen molar-refractivity contribution in [1.82, 2.24) is 0 Å². The summed E-state index contributed by atoms with van der Waals surface area (Å²) in [5.41, 5.74) is 0. The van der Waals surface area contributed by atoms with Gasteiger partial charge < -0.3 is 0 Å². The van der Waals surface area contributed by atoms with Crippen molar-refractivity contribution in [3.8, 4) is 0 Å². The van der Waals surface area contributed by atoms with E-state index in [2.05, 4.69) is 6.92 Å². The molecule has 0 unspecified atom stereocenters. The van der Waals surface area contributed by atoms with Gasteiger partial charge in [0.1, 0.15) is 0 Å². The molecule has 0 radical (unpaired) electrons. The summed E-state index contributed by atoms with van der Waals surface area (Å²) in [6.07, 6.45) is 18.2. The van der Waals surface area contributed by atoms with Crippen LogP contribution in [0.2, 0.25) is 10.0 Å². The summed E-state index contributed by atoms with van der Waals surface area (Å²) in [6, 6.07) is 0. The molecule has 2 nitrogen and oxygen atoms in total. The fraction of sp³-hybridized carbons (Fsp3) is 0.941. The molecular formula is C17H34O2Zn. The number of unbranched alkanes of at least 4 members (excludes halogenated alkanes) is 12. The summed E-state index contributed by atoms with van der Waals surface area (Å²) >= 11 is -0.698. The van der Waals surface area contributed by atoms with Gasteiger partial charge in [-0.15, -0.1) is 0 Å². The van der Waals surface area contributed by atoms with Gasteiger partial charge in [0.25, 0.3) is 0 Å². The van der Waals surface area contributed by atoms with Crippen LogP contribution in [0, 0.1) is 0 Å². The number of carboxylic acids is 1. The van der Waals surface area contributed by atoms with E-state index in [9.17, 15) is 4.79 Å². The average Bonchev–Trinajstić information content (AvgIpc) is 2.43. The average molecular weight is 336 g/mol. The summed E-state index contributed by atoms with van der Waals surface area (Å²) in [5.74, 6) is -0.570. The van der Waals surface area contributed by atoms with Crippen LogP contribution in [-0.4, -0.2) is 11.1 Å². The Balaban J connectivity index is 2.94. The van der Waals surface area contributed by atoms with Gasteiger partial charge in [-0.25, -0.2) is 0 Å². The molecule has 0 aromatic carbocycles. The predicted molar refractivity (Wildman–Crippen MR) is 82.9 cm³/mol. The first-order chi connectivity index (χ1) is 9.77. The van der Waals surface area contributed by atoms with Crippen molar-refractivity contribution in [3.63, 3.8) is 0 Å². The van der Waals surface area contributed by atoms with Crippen LogP contribution < -0.4 is 0 Å². The van der Waals surface area contributed by atoms with Gasteiger partial charge in [0, 0.05) is 0 Å². The number of hydrogen-bond acceptors (Lipinski definition) is 1. The van der Waals surface area contributed by atoms with E-state index in [1.807, 2.05) is 0 Å². The molecule has 0 aliphatic heterocycles. The second-order valence-electron chi connectivity index (χ2n) is 6.09. The van der Waals surface area contributed by atoms with Crippen LogP contribution in [0.25, 0.3) is 0 Å². The van der Waals surface area contributed by atoms with E-state index in [0.717, 1.165) is 0 Å². The van der Waals surface area contributed by atoms with E-state index < -0.39 is 23.1 Å². The molecule has 0 aliphatic rings. The summed E-state index contributed by atoms with van der Waals surface area (Å²) < 4.78 is 0. The molecular weight excluding hydrogens is 302 g/mol. The fourth-order valence-corrected chi connectivity index (χ4v) is 5.29. The first-order valence-electron chi connectivity index (χ1n) is 8.99. The van der Waals surface area contributed by atoms with Gasteiger partial charge in [-0.05, 0) is 0 Å². The molecule has 20 heavy (non-hydrogen) atoms. The molecule has 0 fully saturated rings. The van der Waals surface area contributed by atoms with Crippen molar-refractivity contribution in [2.75, 3.05) is 0 Å². The van der Waals surface area contributed by atoms with Crippen LogP contribution in [-0.2, 0) is 21.9 Å². The molecule has 0 rings (SSSR count). The van der Waals surface area contributed by atoms with E-state index in [1.54, 1.807) is 0 Å². The predicted octanol–water partition coefficient (Wildman–Crippen LogP) is 6.08. The van der Waals surface area contributed by atoms with Gasteiger partial charge in [0.15, 0.2) is 0 Å². The fourth-order valence-electron chi connectivity index (χ4n) is 2.65. The van der Waals surface area contributed by atoms with Gasteiger partial charge in [-0.3, -0.25) is 0 Å². The van der Waals surface area contributed by atoms with Crippen molar-refractivity contribution in [3.05, 3.63) is 0 Å². The molecule has 0 spiro atoms. The molecule has 0 saturated carbocycles.